The van der Waals surface area contributed by atoms with Gasteiger partial charge < -0.3 is 5.11 Å². The maximum atomic E-state index is 12.2. The Kier molecular flexibility index (Phi) is 2.75. The molecule has 5 rings (SSSR count). The molecular formula is C21H32O2. The molecule has 128 valence electrons. The molecule has 2 heteroatoms. The molecule has 0 aliphatic heterocycles. The zero-order chi connectivity index (χ0) is 16.2. The van der Waals surface area contributed by atoms with Crippen molar-refractivity contribution in [3.63, 3.8) is 0 Å². The van der Waals surface area contributed by atoms with E-state index in [0.717, 1.165) is 24.7 Å². The Morgan fingerprint density at radius 1 is 1.04 bits per heavy atom. The van der Waals surface area contributed by atoms with Crippen LogP contribution >= 0.6 is 0 Å². The highest BCUT2D eigenvalue weighted by Gasteiger charge is 2.77. The van der Waals surface area contributed by atoms with Crippen molar-refractivity contribution in [3.8, 4) is 0 Å². The second kappa shape index (κ2) is 4.23. The molecular weight excluding hydrogens is 284 g/mol. The van der Waals surface area contributed by atoms with Crippen LogP contribution < -0.4 is 0 Å². The van der Waals surface area contributed by atoms with E-state index in [2.05, 4.69) is 13.8 Å². The number of hydrogen-bond acceptors (Lipinski definition) is 2. The van der Waals surface area contributed by atoms with Crippen molar-refractivity contribution in [3.05, 3.63) is 0 Å². The molecule has 0 bridgehead atoms. The van der Waals surface area contributed by atoms with Gasteiger partial charge in [0.15, 0.2) is 0 Å². The predicted molar refractivity (Wildman–Crippen MR) is 89.7 cm³/mol. The Morgan fingerprint density at radius 2 is 1.83 bits per heavy atom. The number of fused-ring (bicyclic) bond motifs is 4. The summed E-state index contributed by atoms with van der Waals surface area (Å²) in [4.78, 5) is 12.2. The van der Waals surface area contributed by atoms with E-state index in [-0.39, 0.29) is 17.4 Å². The van der Waals surface area contributed by atoms with Gasteiger partial charge in [0.2, 0.25) is 0 Å². The van der Waals surface area contributed by atoms with E-state index in [1.807, 2.05) is 6.92 Å². The smallest absolute Gasteiger partial charge is 0.133 e. The number of hydrogen-bond donors (Lipinski definition) is 1. The number of carbonyl (C=O) groups is 1. The Hall–Kier alpha value is -0.370. The summed E-state index contributed by atoms with van der Waals surface area (Å²) in [6.45, 7) is 6.74. The fraction of sp³-hybridized carbons (Fsp3) is 0.952. The molecule has 0 aromatic rings. The third-order valence-corrected chi connectivity index (χ3v) is 10.1. The van der Waals surface area contributed by atoms with Gasteiger partial charge in [0, 0.05) is 11.3 Å². The maximum Gasteiger partial charge on any atom is 0.133 e. The lowest BCUT2D eigenvalue weighted by Crippen LogP contribution is -2.56. The highest BCUT2D eigenvalue weighted by molar-refractivity contribution is 5.79. The van der Waals surface area contributed by atoms with Crippen molar-refractivity contribution in [1.82, 2.24) is 0 Å². The van der Waals surface area contributed by atoms with Crippen molar-refractivity contribution in [2.45, 2.75) is 78.2 Å². The number of carbonyl (C=O) groups excluding carboxylic acids is 1. The van der Waals surface area contributed by atoms with E-state index in [1.165, 1.54) is 38.5 Å². The molecule has 0 aromatic carbocycles. The van der Waals surface area contributed by atoms with Crippen LogP contribution in [0, 0.1) is 45.8 Å². The Morgan fingerprint density at radius 3 is 2.52 bits per heavy atom. The van der Waals surface area contributed by atoms with Crippen LogP contribution in [-0.2, 0) is 4.79 Å². The van der Waals surface area contributed by atoms with Crippen molar-refractivity contribution in [2.75, 3.05) is 0 Å². The van der Waals surface area contributed by atoms with E-state index >= 15 is 0 Å². The zero-order valence-electron chi connectivity index (χ0n) is 15.0. The van der Waals surface area contributed by atoms with Gasteiger partial charge in [0.1, 0.15) is 5.78 Å². The number of aliphatic hydroxyl groups excluding tert-OH is 1. The van der Waals surface area contributed by atoms with E-state index < -0.39 is 0 Å². The monoisotopic (exact) mass is 316 g/mol. The molecule has 23 heavy (non-hydrogen) atoms. The third kappa shape index (κ3) is 1.50. The summed E-state index contributed by atoms with van der Waals surface area (Å²) in [6.07, 6.45) is 9.83. The topological polar surface area (TPSA) is 37.3 Å². The second-order valence-electron chi connectivity index (χ2n) is 10.3. The Bertz CT molecular complexity index is 570. The molecule has 5 aliphatic carbocycles. The van der Waals surface area contributed by atoms with Gasteiger partial charge in [0.25, 0.3) is 0 Å². The molecule has 1 unspecified atom stereocenters. The van der Waals surface area contributed by atoms with Crippen LogP contribution in [0.2, 0.25) is 0 Å². The molecule has 5 saturated carbocycles. The van der Waals surface area contributed by atoms with Crippen LogP contribution in [0.5, 0.6) is 0 Å². The molecule has 0 radical (unpaired) electrons. The average Bonchev–Trinajstić information content (AvgIpc) is 3.01. The fourth-order valence-corrected chi connectivity index (χ4v) is 8.98. The van der Waals surface area contributed by atoms with Crippen molar-refractivity contribution >= 4 is 5.78 Å². The van der Waals surface area contributed by atoms with Gasteiger partial charge in [-0.1, -0.05) is 13.8 Å². The second-order valence-corrected chi connectivity index (χ2v) is 10.3. The SMILES string of the molecule is CC(=O)[C@H]1CC[C@H]2[C@@H]3C[C@@H](O)C45C[C@H]4CC[C@]5(C)[C@H]3CC[C@]12C. The maximum absolute atomic E-state index is 12.2. The summed E-state index contributed by atoms with van der Waals surface area (Å²) in [7, 11) is 0. The quantitative estimate of drug-likeness (QED) is 0.787. The molecule has 1 spiro atoms. The minimum absolute atomic E-state index is 0.0695. The molecule has 5 fully saturated rings. The first kappa shape index (κ1) is 14.9. The van der Waals surface area contributed by atoms with E-state index in [9.17, 15) is 9.90 Å². The predicted octanol–water partition coefficient (Wildman–Crippen LogP) is 4.21. The number of rotatable bonds is 1. The summed E-state index contributed by atoms with van der Waals surface area (Å²) >= 11 is 0. The largest absolute Gasteiger partial charge is 0.393 e. The lowest BCUT2D eigenvalue weighted by atomic mass is 9.45. The van der Waals surface area contributed by atoms with Gasteiger partial charge in [-0.25, -0.2) is 0 Å². The van der Waals surface area contributed by atoms with Gasteiger partial charge in [-0.15, -0.1) is 0 Å². The summed E-state index contributed by atoms with van der Waals surface area (Å²) in [6, 6.07) is 0. The molecule has 0 amide bonds. The van der Waals surface area contributed by atoms with E-state index in [1.54, 1.807) is 0 Å². The lowest BCUT2D eigenvalue weighted by Gasteiger charge is -2.60. The van der Waals surface area contributed by atoms with Crippen LogP contribution in [0.4, 0.5) is 0 Å². The van der Waals surface area contributed by atoms with Crippen LogP contribution in [0.1, 0.15) is 72.1 Å². The van der Waals surface area contributed by atoms with Gasteiger partial charge in [-0.05, 0) is 92.8 Å². The van der Waals surface area contributed by atoms with Gasteiger partial charge in [-0.3, -0.25) is 4.79 Å². The minimum atomic E-state index is -0.0695. The number of Topliss-reactive ketones (excluding diaryl/α,β-unsaturated/α-hetero) is 1. The summed E-state index contributed by atoms with van der Waals surface area (Å²) in [5, 5.41) is 11.1. The summed E-state index contributed by atoms with van der Waals surface area (Å²) in [5.74, 6) is 3.68. The standard InChI is InChI=1S/C21H32O2/c1-12(22)15-4-5-16-14-10-18(23)21-11-13(21)6-9-20(21,3)17(14)7-8-19(15,16)2/h13-18,23H,4-11H2,1-3H3/t13-,14+,15-,16+,17+,18-,19-,20-,21?/m1/s1. The van der Waals surface area contributed by atoms with E-state index in [0.29, 0.717) is 28.4 Å². The molecule has 0 heterocycles. The molecule has 0 aromatic heterocycles. The number of ketones is 1. The Balaban J connectivity index is 1.52. The fourth-order valence-electron chi connectivity index (χ4n) is 8.98. The van der Waals surface area contributed by atoms with Crippen LogP contribution in [0.3, 0.4) is 0 Å². The zero-order valence-corrected chi connectivity index (χ0v) is 15.0. The first-order chi connectivity index (χ1) is 10.8. The van der Waals surface area contributed by atoms with Crippen molar-refractivity contribution < 1.29 is 9.90 Å². The number of aliphatic hydroxyl groups is 1. The Labute approximate surface area is 140 Å². The summed E-state index contributed by atoms with van der Waals surface area (Å²) in [5.41, 5.74) is 0.894. The highest BCUT2D eigenvalue weighted by atomic mass is 16.3. The average molecular weight is 316 g/mol. The molecule has 2 nitrogen and oxygen atoms in total. The van der Waals surface area contributed by atoms with Crippen LogP contribution in [-0.4, -0.2) is 17.0 Å². The lowest BCUT2D eigenvalue weighted by molar-refractivity contribution is -0.153. The van der Waals surface area contributed by atoms with Crippen molar-refractivity contribution in [2.24, 2.45) is 45.8 Å². The molecule has 9 atom stereocenters. The van der Waals surface area contributed by atoms with Crippen LogP contribution in [0.15, 0.2) is 0 Å². The normalized spacial score (nSPS) is 63.0. The highest BCUT2D eigenvalue weighted by Crippen LogP contribution is 2.81. The minimum Gasteiger partial charge on any atom is -0.393 e. The summed E-state index contributed by atoms with van der Waals surface area (Å²) < 4.78 is 0. The van der Waals surface area contributed by atoms with Gasteiger partial charge >= 0.3 is 0 Å². The first-order valence-corrected chi connectivity index (χ1v) is 10.0. The van der Waals surface area contributed by atoms with Gasteiger partial charge in [-0.2, -0.15) is 0 Å². The third-order valence-electron chi connectivity index (χ3n) is 10.1. The molecule has 1 N–H and O–H groups in total. The van der Waals surface area contributed by atoms with Crippen molar-refractivity contribution in [1.29, 1.82) is 0 Å². The van der Waals surface area contributed by atoms with Gasteiger partial charge in [0.05, 0.1) is 6.10 Å². The van der Waals surface area contributed by atoms with E-state index in [4.69, 9.17) is 0 Å². The first-order valence-electron chi connectivity index (χ1n) is 10.0. The molecule has 0 saturated heterocycles. The van der Waals surface area contributed by atoms with Crippen LogP contribution in [0.25, 0.3) is 0 Å². The molecule has 5 aliphatic rings.